The van der Waals surface area contributed by atoms with Gasteiger partial charge in [0.25, 0.3) is 0 Å². The van der Waals surface area contributed by atoms with Gasteiger partial charge in [-0.25, -0.2) is 8.42 Å². The zero-order chi connectivity index (χ0) is 15.0. The zero-order valence-corrected chi connectivity index (χ0v) is 12.4. The molecular weight excluding hydrogens is 304 g/mol. The maximum atomic E-state index is 11.6. The lowest BCUT2D eigenvalue weighted by molar-refractivity contribution is -0.118. The molecule has 0 saturated heterocycles. The second-order valence-corrected chi connectivity index (χ2v) is 6.27. The number of ether oxygens (including phenoxy) is 1. The number of hydrogen-bond acceptors (Lipinski definition) is 4. The highest BCUT2D eigenvalue weighted by Crippen LogP contribution is 2.17. The predicted molar refractivity (Wildman–Crippen MR) is 78.5 cm³/mol. The second-order valence-electron chi connectivity index (χ2n) is 4.05. The minimum Gasteiger partial charge on any atom is -0.493 e. The average Bonchev–Trinajstić information content (AvgIpc) is 2.38. The first-order chi connectivity index (χ1) is 9.43. The minimum absolute atomic E-state index is 0.0205. The van der Waals surface area contributed by atoms with Gasteiger partial charge in [-0.15, -0.1) is 11.6 Å². The third-order valence-corrected chi connectivity index (χ3v) is 3.93. The topological polar surface area (TPSA) is 98.5 Å². The van der Waals surface area contributed by atoms with Crippen LogP contribution >= 0.6 is 11.6 Å². The molecule has 3 N–H and O–H groups in total. The number of carbonyl (C=O) groups excluding carboxylic acids is 1. The Kier molecular flexibility index (Phi) is 6.60. The normalized spacial score (nSPS) is 11.1. The van der Waals surface area contributed by atoms with E-state index in [9.17, 15) is 13.2 Å². The quantitative estimate of drug-likeness (QED) is 0.670. The van der Waals surface area contributed by atoms with E-state index in [4.69, 9.17) is 22.1 Å². The van der Waals surface area contributed by atoms with Gasteiger partial charge in [0.1, 0.15) is 5.75 Å². The summed E-state index contributed by atoms with van der Waals surface area (Å²) in [6.45, 7) is 0.191. The molecule has 0 aliphatic carbocycles. The second kappa shape index (κ2) is 7.96. The molecule has 0 fully saturated rings. The summed E-state index contributed by atoms with van der Waals surface area (Å²) >= 11 is 5.46. The molecule has 6 nitrogen and oxygen atoms in total. The van der Waals surface area contributed by atoms with Crippen molar-refractivity contribution in [1.82, 2.24) is 0 Å². The number of hydrogen-bond donors (Lipinski definition) is 2. The summed E-state index contributed by atoms with van der Waals surface area (Å²) in [6.07, 6.45) is 0.526. The number of halogens is 1. The van der Waals surface area contributed by atoms with Crippen LogP contribution in [0.4, 0.5) is 5.69 Å². The summed E-state index contributed by atoms with van der Waals surface area (Å²) in [5, 5.41) is 0. The van der Waals surface area contributed by atoms with Crippen LogP contribution in [0.1, 0.15) is 12.8 Å². The lowest BCUT2D eigenvalue weighted by Crippen LogP contribution is -2.17. The van der Waals surface area contributed by atoms with Crippen LogP contribution in [-0.4, -0.2) is 32.6 Å². The third-order valence-electron chi connectivity index (χ3n) is 2.29. The van der Waals surface area contributed by atoms with E-state index >= 15 is 0 Å². The fourth-order valence-electron chi connectivity index (χ4n) is 1.36. The van der Waals surface area contributed by atoms with E-state index in [1.165, 1.54) is 0 Å². The molecule has 8 heteroatoms. The fraction of sp³-hybridized carbons (Fsp3) is 0.417. The number of amides is 1. The molecule has 0 radical (unpaired) electrons. The Hall–Kier alpha value is -1.47. The first-order valence-corrected chi connectivity index (χ1v) is 8.19. The summed E-state index contributed by atoms with van der Waals surface area (Å²) in [7, 11) is -3.37. The van der Waals surface area contributed by atoms with Crippen LogP contribution in [0.2, 0.25) is 0 Å². The van der Waals surface area contributed by atoms with Gasteiger partial charge in [0.15, 0.2) is 0 Å². The maximum absolute atomic E-state index is 11.6. The molecule has 1 amide bonds. The Balaban J connectivity index is 2.52. The molecule has 1 aromatic carbocycles. The molecule has 1 rings (SSSR count). The van der Waals surface area contributed by atoms with Gasteiger partial charge in [-0.3, -0.25) is 9.52 Å². The van der Waals surface area contributed by atoms with E-state index in [1.54, 1.807) is 24.3 Å². The highest BCUT2D eigenvalue weighted by Gasteiger charge is 2.09. The van der Waals surface area contributed by atoms with Crippen molar-refractivity contribution in [1.29, 1.82) is 0 Å². The van der Waals surface area contributed by atoms with Crippen molar-refractivity contribution in [3.63, 3.8) is 0 Å². The maximum Gasteiger partial charge on any atom is 0.232 e. The van der Waals surface area contributed by atoms with Crippen molar-refractivity contribution in [2.75, 3.05) is 23.0 Å². The van der Waals surface area contributed by atoms with Crippen LogP contribution in [0, 0.1) is 0 Å². The number of nitrogens with one attached hydrogen (secondary N) is 1. The summed E-state index contributed by atoms with van der Waals surface area (Å²) in [5.74, 6) is 0.379. The SMILES string of the molecule is NC(=O)CCOc1ccc(NS(=O)(=O)CCCCl)cc1. The number of anilines is 1. The number of rotatable bonds is 9. The van der Waals surface area contributed by atoms with E-state index in [0.29, 0.717) is 23.7 Å². The van der Waals surface area contributed by atoms with Crippen molar-refractivity contribution in [2.24, 2.45) is 5.73 Å². The van der Waals surface area contributed by atoms with Crippen LogP contribution in [0.25, 0.3) is 0 Å². The number of carbonyl (C=O) groups is 1. The van der Waals surface area contributed by atoms with Crippen molar-refractivity contribution in [3.8, 4) is 5.75 Å². The average molecular weight is 321 g/mol. The predicted octanol–water partition coefficient (Wildman–Crippen LogP) is 1.31. The number of sulfonamides is 1. The van der Waals surface area contributed by atoms with E-state index < -0.39 is 15.9 Å². The summed E-state index contributed by atoms with van der Waals surface area (Å²) < 4.78 is 31.0. The number of nitrogens with two attached hydrogens (primary N) is 1. The van der Waals surface area contributed by atoms with Crippen molar-refractivity contribution in [3.05, 3.63) is 24.3 Å². The molecule has 20 heavy (non-hydrogen) atoms. The molecule has 0 unspecified atom stereocenters. The third kappa shape index (κ3) is 6.63. The lowest BCUT2D eigenvalue weighted by Gasteiger charge is -2.09. The van der Waals surface area contributed by atoms with E-state index in [2.05, 4.69) is 4.72 Å². The first kappa shape index (κ1) is 16.6. The zero-order valence-electron chi connectivity index (χ0n) is 10.8. The van der Waals surface area contributed by atoms with E-state index in [0.717, 1.165) is 0 Å². The van der Waals surface area contributed by atoms with Gasteiger partial charge in [0, 0.05) is 11.6 Å². The standard InChI is InChI=1S/C12H17ClN2O4S/c13-7-1-9-20(17,18)15-10-2-4-11(5-3-10)19-8-6-12(14)16/h2-5,15H,1,6-9H2,(H2,14,16). The molecule has 0 atom stereocenters. The molecule has 0 bridgehead atoms. The Morgan fingerprint density at radius 1 is 1.30 bits per heavy atom. The highest BCUT2D eigenvalue weighted by atomic mass is 35.5. The Morgan fingerprint density at radius 2 is 1.95 bits per heavy atom. The van der Waals surface area contributed by atoms with Crippen LogP contribution in [0.15, 0.2) is 24.3 Å². The highest BCUT2D eigenvalue weighted by molar-refractivity contribution is 7.92. The van der Waals surface area contributed by atoms with E-state index in [1.807, 2.05) is 0 Å². The molecule has 0 aliphatic heterocycles. The van der Waals surface area contributed by atoms with Gasteiger partial charge in [-0.05, 0) is 30.7 Å². The molecular formula is C12H17ClN2O4S. The van der Waals surface area contributed by atoms with Gasteiger partial charge in [-0.1, -0.05) is 0 Å². The van der Waals surface area contributed by atoms with Crippen LogP contribution in [0.3, 0.4) is 0 Å². The largest absolute Gasteiger partial charge is 0.493 e. The van der Waals surface area contributed by atoms with Gasteiger partial charge in [0.2, 0.25) is 15.9 Å². The van der Waals surface area contributed by atoms with Gasteiger partial charge in [0.05, 0.1) is 18.8 Å². The summed E-state index contributed by atoms with van der Waals surface area (Å²) in [5.41, 5.74) is 5.43. The monoisotopic (exact) mass is 320 g/mol. The molecule has 0 aromatic heterocycles. The Bertz CT molecular complexity index is 531. The van der Waals surface area contributed by atoms with E-state index in [-0.39, 0.29) is 18.8 Å². The van der Waals surface area contributed by atoms with Crippen LogP contribution in [0.5, 0.6) is 5.75 Å². The summed E-state index contributed by atoms with van der Waals surface area (Å²) in [6, 6.07) is 6.39. The summed E-state index contributed by atoms with van der Waals surface area (Å²) in [4.78, 5) is 10.5. The van der Waals surface area contributed by atoms with Gasteiger partial charge < -0.3 is 10.5 Å². The molecule has 0 aliphatic rings. The number of benzene rings is 1. The fourth-order valence-corrected chi connectivity index (χ4v) is 2.78. The molecule has 0 spiro atoms. The molecule has 0 heterocycles. The molecule has 0 saturated carbocycles. The number of alkyl halides is 1. The van der Waals surface area contributed by atoms with Crippen LogP contribution < -0.4 is 15.2 Å². The molecule has 112 valence electrons. The lowest BCUT2D eigenvalue weighted by atomic mass is 10.3. The van der Waals surface area contributed by atoms with Crippen molar-refractivity contribution >= 4 is 33.2 Å². The number of primary amides is 1. The Morgan fingerprint density at radius 3 is 2.50 bits per heavy atom. The first-order valence-electron chi connectivity index (χ1n) is 6.00. The minimum atomic E-state index is -3.37. The van der Waals surface area contributed by atoms with Crippen LogP contribution in [-0.2, 0) is 14.8 Å². The molecule has 1 aromatic rings. The van der Waals surface area contributed by atoms with Crippen molar-refractivity contribution < 1.29 is 17.9 Å². The Labute approximate surface area is 123 Å². The van der Waals surface area contributed by atoms with Crippen molar-refractivity contribution in [2.45, 2.75) is 12.8 Å². The smallest absolute Gasteiger partial charge is 0.232 e. The van der Waals surface area contributed by atoms with Gasteiger partial charge >= 0.3 is 0 Å². The van der Waals surface area contributed by atoms with Gasteiger partial charge in [-0.2, -0.15) is 0 Å².